The molecule has 0 saturated carbocycles. The van der Waals surface area contributed by atoms with E-state index in [0.717, 1.165) is 4.47 Å². The second-order valence-electron chi connectivity index (χ2n) is 6.04. The fraction of sp³-hybridized carbons (Fsp3) is 0.0455. The molecule has 4 nitrogen and oxygen atoms in total. The molecule has 148 valence electrons. The van der Waals surface area contributed by atoms with Gasteiger partial charge in [0.25, 0.3) is 0 Å². The number of halogens is 2. The van der Waals surface area contributed by atoms with Gasteiger partial charge in [0.05, 0.1) is 12.0 Å². The number of ether oxygens (including phenoxy) is 1. The molecular formula is C22H16BrClO4S. The first kappa shape index (κ1) is 21.3. The molecule has 0 atom stereocenters. The molecule has 0 saturated heterocycles. The topological polar surface area (TPSA) is 60.4 Å². The first-order valence-electron chi connectivity index (χ1n) is 8.48. The van der Waals surface area contributed by atoms with Gasteiger partial charge in [-0.15, -0.1) is 0 Å². The maximum absolute atomic E-state index is 13.4. The number of methoxy groups -OCH3 is 1. The minimum Gasteiger partial charge on any atom is -0.496 e. The van der Waals surface area contributed by atoms with Crippen LogP contribution in [0.3, 0.4) is 0 Å². The molecule has 0 fully saturated rings. The van der Waals surface area contributed by atoms with E-state index < -0.39 is 15.6 Å². The molecule has 0 unspecified atom stereocenters. The van der Waals surface area contributed by atoms with E-state index in [9.17, 15) is 13.2 Å². The van der Waals surface area contributed by atoms with Crippen LogP contribution < -0.4 is 4.74 Å². The van der Waals surface area contributed by atoms with Crippen LogP contribution in [-0.2, 0) is 9.84 Å². The molecule has 29 heavy (non-hydrogen) atoms. The summed E-state index contributed by atoms with van der Waals surface area (Å²) in [5, 5.41) is 0.451. The lowest BCUT2D eigenvalue weighted by molar-refractivity contribution is 0.104. The largest absolute Gasteiger partial charge is 0.496 e. The van der Waals surface area contributed by atoms with E-state index in [0.29, 0.717) is 16.3 Å². The Hall–Kier alpha value is -2.41. The van der Waals surface area contributed by atoms with Crippen molar-refractivity contribution in [1.82, 2.24) is 0 Å². The maximum atomic E-state index is 13.4. The minimum absolute atomic E-state index is 0.0177. The first-order valence-corrected chi connectivity index (χ1v) is 11.1. The Bertz CT molecular complexity index is 1170. The van der Waals surface area contributed by atoms with E-state index in [4.69, 9.17) is 16.3 Å². The van der Waals surface area contributed by atoms with Gasteiger partial charge < -0.3 is 4.74 Å². The van der Waals surface area contributed by atoms with Crippen molar-refractivity contribution in [3.63, 3.8) is 0 Å². The highest BCUT2D eigenvalue weighted by molar-refractivity contribution is 9.10. The zero-order valence-electron chi connectivity index (χ0n) is 15.3. The lowest BCUT2D eigenvalue weighted by Crippen LogP contribution is -2.14. The van der Waals surface area contributed by atoms with E-state index in [-0.39, 0.29) is 15.4 Å². The third kappa shape index (κ3) is 4.78. The van der Waals surface area contributed by atoms with Crippen molar-refractivity contribution in [1.29, 1.82) is 0 Å². The van der Waals surface area contributed by atoms with Crippen molar-refractivity contribution in [2.45, 2.75) is 4.90 Å². The number of para-hydroxylation sites is 1. The number of ketones is 1. The summed E-state index contributed by atoms with van der Waals surface area (Å²) in [5.74, 6) is -0.171. The number of sulfone groups is 1. The summed E-state index contributed by atoms with van der Waals surface area (Å²) >= 11 is 9.19. The molecule has 0 spiro atoms. The molecule has 0 aliphatic carbocycles. The monoisotopic (exact) mass is 490 g/mol. The Kier molecular flexibility index (Phi) is 6.57. The molecule has 3 aromatic carbocycles. The Labute approximate surface area is 182 Å². The average molecular weight is 492 g/mol. The van der Waals surface area contributed by atoms with Crippen LogP contribution in [0.4, 0.5) is 0 Å². The van der Waals surface area contributed by atoms with Gasteiger partial charge in [-0.25, -0.2) is 8.42 Å². The van der Waals surface area contributed by atoms with E-state index >= 15 is 0 Å². The summed E-state index contributed by atoms with van der Waals surface area (Å²) in [6.45, 7) is 0. The third-order valence-corrected chi connectivity index (χ3v) is 6.72. The van der Waals surface area contributed by atoms with E-state index in [2.05, 4.69) is 15.9 Å². The maximum Gasteiger partial charge on any atom is 0.210 e. The SMILES string of the molecule is COc1ccccc1/C=C(\C(=O)c1ccc(Cl)cc1)S(=O)(=O)c1ccc(Br)cc1. The summed E-state index contributed by atoms with van der Waals surface area (Å²) < 4.78 is 32.8. The van der Waals surface area contributed by atoms with E-state index in [1.165, 1.54) is 37.5 Å². The minimum atomic E-state index is -4.10. The number of benzene rings is 3. The lowest BCUT2D eigenvalue weighted by Gasteiger charge is -2.11. The summed E-state index contributed by atoms with van der Waals surface area (Å²) in [5.41, 5.74) is 0.698. The number of rotatable bonds is 6. The van der Waals surface area contributed by atoms with Crippen molar-refractivity contribution < 1.29 is 17.9 Å². The van der Waals surface area contributed by atoms with Gasteiger partial charge in [0, 0.05) is 20.6 Å². The van der Waals surface area contributed by atoms with Gasteiger partial charge in [-0.3, -0.25) is 4.79 Å². The predicted octanol–water partition coefficient (Wildman–Crippen LogP) is 5.81. The van der Waals surface area contributed by atoms with Gasteiger partial charge in [-0.2, -0.15) is 0 Å². The van der Waals surface area contributed by atoms with Crippen molar-refractivity contribution >= 4 is 49.2 Å². The average Bonchev–Trinajstić information content (AvgIpc) is 2.72. The van der Waals surface area contributed by atoms with Gasteiger partial charge in [-0.1, -0.05) is 45.7 Å². The lowest BCUT2D eigenvalue weighted by atomic mass is 10.1. The summed E-state index contributed by atoms with van der Waals surface area (Å²) in [6, 6.07) is 19.1. The summed E-state index contributed by atoms with van der Waals surface area (Å²) in [7, 11) is -2.61. The molecule has 0 aliphatic heterocycles. The Morgan fingerprint density at radius 3 is 2.21 bits per heavy atom. The van der Waals surface area contributed by atoms with Crippen molar-refractivity contribution in [2.24, 2.45) is 0 Å². The number of hydrogen-bond acceptors (Lipinski definition) is 4. The van der Waals surface area contributed by atoms with Crippen LogP contribution in [0.2, 0.25) is 5.02 Å². The Morgan fingerprint density at radius 2 is 1.59 bits per heavy atom. The van der Waals surface area contributed by atoms with Gasteiger partial charge >= 0.3 is 0 Å². The molecule has 0 aromatic heterocycles. The van der Waals surface area contributed by atoms with Crippen LogP contribution in [0.5, 0.6) is 5.75 Å². The number of carbonyl (C=O) groups excluding carboxylic acids is 1. The van der Waals surface area contributed by atoms with Gasteiger partial charge in [0.1, 0.15) is 10.7 Å². The van der Waals surface area contributed by atoms with Crippen LogP contribution in [0.25, 0.3) is 6.08 Å². The number of carbonyl (C=O) groups is 1. The molecule has 0 heterocycles. The standard InChI is InChI=1S/C22H16BrClO4S/c1-28-20-5-3-2-4-16(20)14-21(22(25)15-6-10-18(24)11-7-15)29(26,27)19-12-8-17(23)9-13-19/h2-14H,1H3/b21-14+. The molecule has 0 amide bonds. The van der Waals surface area contributed by atoms with Gasteiger partial charge in [-0.05, 0) is 60.7 Å². The van der Waals surface area contributed by atoms with Crippen molar-refractivity contribution in [2.75, 3.05) is 7.11 Å². The second kappa shape index (κ2) is 8.95. The normalized spacial score (nSPS) is 11.9. The molecule has 0 radical (unpaired) electrons. The van der Waals surface area contributed by atoms with Crippen LogP contribution in [0, 0.1) is 0 Å². The smallest absolute Gasteiger partial charge is 0.210 e. The quantitative estimate of drug-likeness (QED) is 0.322. The van der Waals surface area contributed by atoms with Crippen LogP contribution in [-0.4, -0.2) is 21.3 Å². The van der Waals surface area contributed by atoms with Crippen LogP contribution in [0.1, 0.15) is 15.9 Å². The predicted molar refractivity (Wildman–Crippen MR) is 118 cm³/mol. The molecule has 3 aromatic rings. The Morgan fingerprint density at radius 1 is 0.966 bits per heavy atom. The van der Waals surface area contributed by atoms with Gasteiger partial charge in [0.2, 0.25) is 15.6 Å². The second-order valence-corrected chi connectivity index (χ2v) is 9.31. The molecule has 0 bridgehead atoms. The van der Waals surface area contributed by atoms with Crippen molar-refractivity contribution in [3.8, 4) is 5.75 Å². The molecule has 7 heteroatoms. The molecule has 3 rings (SSSR count). The van der Waals surface area contributed by atoms with Crippen LogP contribution >= 0.6 is 27.5 Å². The highest BCUT2D eigenvalue weighted by Crippen LogP contribution is 2.29. The Balaban J connectivity index is 2.20. The van der Waals surface area contributed by atoms with E-state index in [1.807, 2.05) is 0 Å². The van der Waals surface area contributed by atoms with Crippen LogP contribution in [0.15, 0.2) is 87.1 Å². The van der Waals surface area contributed by atoms with Crippen molar-refractivity contribution in [3.05, 3.63) is 98.3 Å². The van der Waals surface area contributed by atoms with Gasteiger partial charge in [0.15, 0.2) is 0 Å². The fourth-order valence-corrected chi connectivity index (χ4v) is 4.46. The first-order chi connectivity index (χ1) is 13.8. The summed E-state index contributed by atoms with van der Waals surface area (Å²) in [6.07, 6.45) is 1.34. The van der Waals surface area contributed by atoms with E-state index in [1.54, 1.807) is 48.5 Å². The fourth-order valence-electron chi connectivity index (χ4n) is 2.68. The molecule has 0 aliphatic rings. The number of allylic oxidation sites excluding steroid dienone is 1. The number of Topliss-reactive ketones (excluding diaryl/α,β-unsaturated/α-hetero) is 1. The third-order valence-electron chi connectivity index (χ3n) is 4.17. The number of hydrogen-bond donors (Lipinski definition) is 0. The molecular weight excluding hydrogens is 476 g/mol. The summed E-state index contributed by atoms with van der Waals surface area (Å²) in [4.78, 5) is 12.9. The zero-order valence-corrected chi connectivity index (χ0v) is 18.5. The highest BCUT2D eigenvalue weighted by Gasteiger charge is 2.28. The zero-order chi connectivity index (χ0) is 21.0. The molecule has 0 N–H and O–H groups in total. The highest BCUT2D eigenvalue weighted by atomic mass is 79.9.